The molecule has 0 atom stereocenters. The number of rotatable bonds is 2. The van der Waals surface area contributed by atoms with Crippen LogP contribution in [0, 0.1) is 11.8 Å². The number of aromatic amines is 1. The summed E-state index contributed by atoms with van der Waals surface area (Å²) in [5, 5.41) is 0. The third-order valence-electron chi connectivity index (χ3n) is 8.90. The largest absolute Gasteiger partial charge is 0.444 e. The van der Waals surface area contributed by atoms with Crippen LogP contribution in [0.4, 0.5) is 4.79 Å². The lowest BCUT2D eigenvalue weighted by molar-refractivity contribution is 0.0220. The van der Waals surface area contributed by atoms with Crippen molar-refractivity contribution in [3.05, 3.63) is 40.5 Å². The number of imidazole rings is 1. The van der Waals surface area contributed by atoms with Gasteiger partial charge < -0.3 is 14.6 Å². The molecule has 0 saturated heterocycles. The van der Waals surface area contributed by atoms with Crippen LogP contribution >= 0.6 is 0 Å². The molecule has 0 aromatic carbocycles. The van der Waals surface area contributed by atoms with Gasteiger partial charge in [0.15, 0.2) is 5.82 Å². The topological polar surface area (TPSA) is 84.0 Å². The first-order valence-corrected chi connectivity index (χ1v) is 16.3. The Hall–Kier alpha value is -2.88. The number of aromatic nitrogens is 4. The molecule has 222 valence electrons. The minimum atomic E-state index is -0.528. The Bertz CT molecular complexity index is 1220. The summed E-state index contributed by atoms with van der Waals surface area (Å²) in [6.45, 7) is 6.79. The summed E-state index contributed by atoms with van der Waals surface area (Å²) < 4.78 is 5.69. The van der Waals surface area contributed by atoms with Gasteiger partial charge in [-0.25, -0.2) is 19.7 Å². The molecule has 2 aromatic heterocycles. The van der Waals surface area contributed by atoms with E-state index in [0.717, 1.165) is 30.7 Å². The third kappa shape index (κ3) is 8.33. The van der Waals surface area contributed by atoms with Crippen LogP contribution < -0.4 is 0 Å². The van der Waals surface area contributed by atoms with Crippen molar-refractivity contribution in [3.8, 4) is 11.8 Å². The molecule has 2 fully saturated rings. The van der Waals surface area contributed by atoms with Crippen molar-refractivity contribution in [2.75, 3.05) is 6.54 Å². The second-order valence-electron chi connectivity index (χ2n) is 13.4. The van der Waals surface area contributed by atoms with Crippen LogP contribution in [0.15, 0.2) is 6.20 Å². The molecule has 5 rings (SSSR count). The van der Waals surface area contributed by atoms with Crippen LogP contribution in [0.1, 0.15) is 163 Å². The number of nitrogens with one attached hydrogen (secondary N) is 1. The van der Waals surface area contributed by atoms with Gasteiger partial charge in [0, 0.05) is 24.6 Å². The molecule has 2 aliphatic carbocycles. The van der Waals surface area contributed by atoms with Gasteiger partial charge in [-0.15, -0.1) is 0 Å². The standard InChI is InChI=1S/C34H49N5O2/c1-34(2,3)41-33(40)39-22-21-27-29(24-39)37-31(38-32(27)26-17-13-7-4-5-8-14-18-26)20-19-30-35-23-28(36-30)25-15-11-9-6-10-12-16-25/h23,25-26H,4-18,21-22,24H2,1-3H3,(H,35,36). The highest BCUT2D eigenvalue weighted by atomic mass is 16.6. The fourth-order valence-electron chi connectivity index (χ4n) is 6.72. The second kappa shape index (κ2) is 13.9. The Balaban J connectivity index is 1.41. The lowest BCUT2D eigenvalue weighted by atomic mass is 9.88. The SMILES string of the molecule is CC(C)(C)OC(=O)N1CCc2c(nc(C#Cc3nc(C4CCCCCCC4)c[nH]3)nc2C2CCCCCCCC2)C1. The van der Waals surface area contributed by atoms with Gasteiger partial charge in [-0.2, -0.15) is 0 Å². The van der Waals surface area contributed by atoms with Crippen molar-refractivity contribution in [2.24, 2.45) is 0 Å². The van der Waals surface area contributed by atoms with E-state index in [9.17, 15) is 4.79 Å². The number of fused-ring (bicyclic) bond motifs is 1. The van der Waals surface area contributed by atoms with Gasteiger partial charge in [-0.05, 0) is 70.3 Å². The van der Waals surface area contributed by atoms with Crippen LogP contribution in [0.2, 0.25) is 0 Å². The molecule has 41 heavy (non-hydrogen) atoms. The van der Waals surface area contributed by atoms with Gasteiger partial charge in [-0.1, -0.05) is 70.6 Å². The zero-order valence-corrected chi connectivity index (χ0v) is 25.6. The molecule has 0 unspecified atom stereocenters. The van der Waals surface area contributed by atoms with E-state index in [2.05, 4.69) is 16.8 Å². The quantitative estimate of drug-likeness (QED) is 0.378. The molecule has 0 bridgehead atoms. The van der Waals surface area contributed by atoms with Crippen LogP contribution in [-0.2, 0) is 17.7 Å². The zero-order valence-electron chi connectivity index (χ0n) is 25.6. The molecule has 1 aliphatic heterocycles. The third-order valence-corrected chi connectivity index (χ3v) is 8.90. The maximum Gasteiger partial charge on any atom is 0.410 e. The van der Waals surface area contributed by atoms with Crippen molar-refractivity contribution in [1.82, 2.24) is 24.8 Å². The summed E-state index contributed by atoms with van der Waals surface area (Å²) in [4.78, 5) is 32.9. The van der Waals surface area contributed by atoms with E-state index in [4.69, 9.17) is 19.7 Å². The van der Waals surface area contributed by atoms with Crippen molar-refractivity contribution >= 4 is 6.09 Å². The Morgan fingerprint density at radius 1 is 0.854 bits per heavy atom. The van der Waals surface area contributed by atoms with Crippen molar-refractivity contribution in [1.29, 1.82) is 0 Å². The van der Waals surface area contributed by atoms with Crippen LogP contribution in [0.5, 0.6) is 0 Å². The molecule has 1 N–H and O–H groups in total. The number of H-pyrrole nitrogens is 1. The van der Waals surface area contributed by atoms with E-state index in [-0.39, 0.29) is 6.09 Å². The number of hydrogen-bond acceptors (Lipinski definition) is 5. The normalized spacial score (nSPS) is 19.9. The predicted molar refractivity (Wildman–Crippen MR) is 162 cm³/mol. The van der Waals surface area contributed by atoms with Crippen LogP contribution in [-0.4, -0.2) is 43.1 Å². The van der Waals surface area contributed by atoms with E-state index < -0.39 is 5.60 Å². The molecule has 7 heteroatoms. The lowest BCUT2D eigenvalue weighted by Gasteiger charge is -2.32. The molecule has 2 aromatic rings. The Labute approximate surface area is 246 Å². The maximum atomic E-state index is 12.9. The van der Waals surface area contributed by atoms with Crippen LogP contribution in [0.25, 0.3) is 0 Å². The average molecular weight is 560 g/mol. The number of hydrogen-bond donors (Lipinski definition) is 1. The highest BCUT2D eigenvalue weighted by molar-refractivity contribution is 5.68. The van der Waals surface area contributed by atoms with Crippen molar-refractivity contribution in [2.45, 2.75) is 147 Å². The van der Waals surface area contributed by atoms with E-state index >= 15 is 0 Å². The van der Waals surface area contributed by atoms with Crippen molar-refractivity contribution < 1.29 is 9.53 Å². The summed E-state index contributed by atoms with van der Waals surface area (Å²) in [7, 11) is 0. The van der Waals surface area contributed by atoms with Gasteiger partial charge in [0.2, 0.25) is 5.82 Å². The smallest absolute Gasteiger partial charge is 0.410 e. The maximum absolute atomic E-state index is 12.9. The van der Waals surface area contributed by atoms with Gasteiger partial charge in [0.05, 0.1) is 23.6 Å². The molecule has 1 amide bonds. The first-order valence-electron chi connectivity index (χ1n) is 16.3. The van der Waals surface area contributed by atoms with Gasteiger partial charge in [0.25, 0.3) is 0 Å². The summed E-state index contributed by atoms with van der Waals surface area (Å²) in [5.41, 5.74) is 3.93. The minimum absolute atomic E-state index is 0.282. The van der Waals surface area contributed by atoms with Gasteiger partial charge in [-0.3, -0.25) is 0 Å². The number of carbonyl (C=O) groups excluding carboxylic acids is 1. The molecule has 0 radical (unpaired) electrons. The molecule has 7 nitrogen and oxygen atoms in total. The highest BCUT2D eigenvalue weighted by Gasteiger charge is 2.30. The van der Waals surface area contributed by atoms with E-state index in [1.807, 2.05) is 27.0 Å². The van der Waals surface area contributed by atoms with E-state index in [1.54, 1.807) is 4.90 Å². The molecular weight excluding hydrogens is 510 g/mol. The Morgan fingerprint density at radius 3 is 2.10 bits per heavy atom. The summed E-state index contributed by atoms with van der Waals surface area (Å²) in [5.74, 6) is 8.65. The Morgan fingerprint density at radius 2 is 1.46 bits per heavy atom. The van der Waals surface area contributed by atoms with Crippen molar-refractivity contribution in [3.63, 3.8) is 0 Å². The average Bonchev–Trinajstić information content (AvgIpc) is 3.43. The number of ether oxygens (including phenoxy) is 1. The number of carbonyl (C=O) groups is 1. The summed E-state index contributed by atoms with van der Waals surface area (Å²) in [6, 6.07) is 0. The Kier molecular flexibility index (Phi) is 10.0. The first kappa shape index (κ1) is 29.6. The lowest BCUT2D eigenvalue weighted by Crippen LogP contribution is -2.40. The van der Waals surface area contributed by atoms with E-state index in [0.29, 0.717) is 36.6 Å². The molecular formula is C34H49N5O2. The molecule has 3 heterocycles. The molecule has 0 spiro atoms. The summed E-state index contributed by atoms with van der Waals surface area (Å²) >= 11 is 0. The highest BCUT2D eigenvalue weighted by Crippen LogP contribution is 2.34. The van der Waals surface area contributed by atoms with Crippen LogP contribution in [0.3, 0.4) is 0 Å². The first-order chi connectivity index (χ1) is 19.9. The fourth-order valence-corrected chi connectivity index (χ4v) is 6.72. The van der Waals surface area contributed by atoms with Gasteiger partial charge in [0.1, 0.15) is 5.60 Å². The number of nitrogens with zero attached hydrogens (tertiary/aromatic N) is 4. The monoisotopic (exact) mass is 559 g/mol. The van der Waals surface area contributed by atoms with E-state index in [1.165, 1.54) is 94.7 Å². The minimum Gasteiger partial charge on any atom is -0.444 e. The molecule has 3 aliphatic rings. The second-order valence-corrected chi connectivity index (χ2v) is 13.4. The fraction of sp³-hybridized carbons (Fsp3) is 0.706. The van der Waals surface area contributed by atoms with Gasteiger partial charge >= 0.3 is 6.09 Å². The predicted octanol–water partition coefficient (Wildman–Crippen LogP) is 7.94. The molecule has 2 saturated carbocycles. The number of amides is 1. The summed E-state index contributed by atoms with van der Waals surface area (Å²) in [6.07, 6.45) is 21.6. The zero-order chi connectivity index (χ0) is 28.7.